The molecule has 0 aliphatic carbocycles. The summed E-state index contributed by atoms with van der Waals surface area (Å²) in [6, 6.07) is 10.1. The molecule has 1 saturated heterocycles. The molecule has 2 N–H and O–H groups in total. The fourth-order valence-electron chi connectivity index (χ4n) is 3.81. The molecule has 1 fully saturated rings. The Kier molecular flexibility index (Phi) is 5.72. The summed E-state index contributed by atoms with van der Waals surface area (Å²) < 4.78 is 33.0. The molecular weight excluding hydrogens is 418 g/mol. The number of benzene rings is 2. The molecule has 0 bridgehead atoms. The zero-order chi connectivity index (χ0) is 22.2. The van der Waals surface area contributed by atoms with E-state index in [9.17, 15) is 18.0 Å². The number of hydrogen-bond acceptors (Lipinski definition) is 5. The molecule has 2 aliphatic rings. The smallest absolute Gasteiger partial charge is 0.262 e. The predicted octanol–water partition coefficient (Wildman–Crippen LogP) is 2.67. The van der Waals surface area contributed by atoms with Gasteiger partial charge in [-0.05, 0) is 68.1 Å². The first-order valence-electron chi connectivity index (χ1n) is 10.2. The first-order chi connectivity index (χ1) is 14.7. The quantitative estimate of drug-likeness (QED) is 0.756. The number of fused-ring (bicyclic) bond motifs is 1. The summed E-state index contributed by atoms with van der Waals surface area (Å²) in [5.41, 5.74) is 3.26. The van der Waals surface area contributed by atoms with Gasteiger partial charge in [0, 0.05) is 18.8 Å². The topological polar surface area (TPSA) is 105 Å². The Hall–Kier alpha value is -2.91. The molecule has 2 amide bonds. The van der Waals surface area contributed by atoms with Crippen molar-refractivity contribution in [3.05, 3.63) is 47.5 Å². The van der Waals surface area contributed by atoms with Crippen molar-refractivity contribution < 1.29 is 22.7 Å². The highest BCUT2D eigenvalue weighted by Gasteiger charge is 2.34. The number of sulfonamides is 1. The first-order valence-corrected chi connectivity index (χ1v) is 11.6. The largest absolute Gasteiger partial charge is 0.482 e. The zero-order valence-corrected chi connectivity index (χ0v) is 18.3. The van der Waals surface area contributed by atoms with E-state index in [4.69, 9.17) is 4.74 Å². The minimum atomic E-state index is -3.82. The van der Waals surface area contributed by atoms with Crippen LogP contribution in [0.3, 0.4) is 0 Å². The van der Waals surface area contributed by atoms with Gasteiger partial charge in [0.05, 0.1) is 16.5 Å². The number of rotatable bonds is 4. The first kappa shape index (κ1) is 21.3. The van der Waals surface area contributed by atoms with Crippen LogP contribution in [-0.2, 0) is 19.6 Å². The Labute approximate surface area is 181 Å². The summed E-state index contributed by atoms with van der Waals surface area (Å²) in [6.07, 6.45) is 1.21. The van der Waals surface area contributed by atoms with E-state index in [2.05, 4.69) is 10.6 Å². The highest BCUT2D eigenvalue weighted by Crippen LogP contribution is 2.32. The zero-order valence-electron chi connectivity index (χ0n) is 17.5. The standard InChI is InChI=1S/C22H25N3O5S/c1-14-5-6-17(10-15(14)2)23-22(27)16-4-3-9-25(12-16)31(28,29)18-7-8-20-19(11-18)24-21(26)13-30-20/h5-8,10-11,16H,3-4,9,12-13H2,1-2H3,(H,23,27)(H,24,26)/t16-/m1/s1. The van der Waals surface area contributed by atoms with E-state index < -0.39 is 15.9 Å². The molecule has 164 valence electrons. The van der Waals surface area contributed by atoms with E-state index in [0.717, 1.165) is 11.1 Å². The second kappa shape index (κ2) is 8.32. The molecule has 2 aromatic rings. The normalized spacial score (nSPS) is 19.2. The van der Waals surface area contributed by atoms with E-state index in [-0.39, 0.29) is 29.9 Å². The Balaban J connectivity index is 1.49. The highest BCUT2D eigenvalue weighted by atomic mass is 32.2. The highest BCUT2D eigenvalue weighted by molar-refractivity contribution is 7.89. The number of nitrogens with one attached hydrogen (secondary N) is 2. The molecule has 4 rings (SSSR count). The van der Waals surface area contributed by atoms with Crippen LogP contribution in [0.2, 0.25) is 0 Å². The Morgan fingerprint density at radius 3 is 2.74 bits per heavy atom. The molecule has 0 radical (unpaired) electrons. The minimum Gasteiger partial charge on any atom is -0.482 e. The lowest BCUT2D eigenvalue weighted by molar-refractivity contribution is -0.121. The number of nitrogens with zero attached hydrogens (tertiary/aromatic N) is 1. The molecule has 1 atom stereocenters. The van der Waals surface area contributed by atoms with Crippen LogP contribution in [0.4, 0.5) is 11.4 Å². The lowest BCUT2D eigenvalue weighted by Crippen LogP contribution is -2.43. The van der Waals surface area contributed by atoms with Gasteiger partial charge in [-0.2, -0.15) is 4.31 Å². The maximum atomic E-state index is 13.2. The van der Waals surface area contributed by atoms with Gasteiger partial charge in [-0.15, -0.1) is 0 Å². The molecule has 9 heteroatoms. The third-order valence-electron chi connectivity index (χ3n) is 5.75. The fourth-order valence-corrected chi connectivity index (χ4v) is 5.36. The molecular formula is C22H25N3O5S. The Morgan fingerprint density at radius 1 is 1.16 bits per heavy atom. The number of hydrogen-bond donors (Lipinski definition) is 2. The van der Waals surface area contributed by atoms with Crippen molar-refractivity contribution in [2.45, 2.75) is 31.6 Å². The fraction of sp³-hybridized carbons (Fsp3) is 0.364. The summed E-state index contributed by atoms with van der Waals surface area (Å²) in [4.78, 5) is 24.4. The Bertz CT molecular complexity index is 1150. The van der Waals surface area contributed by atoms with Crippen molar-refractivity contribution in [1.82, 2.24) is 4.31 Å². The number of aryl methyl sites for hydroxylation is 2. The Morgan fingerprint density at radius 2 is 1.97 bits per heavy atom. The molecule has 2 aliphatic heterocycles. The van der Waals surface area contributed by atoms with Crippen molar-refractivity contribution in [2.75, 3.05) is 30.3 Å². The van der Waals surface area contributed by atoms with Crippen molar-refractivity contribution in [1.29, 1.82) is 0 Å². The van der Waals surface area contributed by atoms with E-state index in [1.165, 1.54) is 22.5 Å². The SMILES string of the molecule is Cc1ccc(NC(=O)[C@@H]2CCCN(S(=O)(=O)c3ccc4c(c3)NC(=O)CO4)C2)cc1C. The summed E-state index contributed by atoms with van der Waals surface area (Å²) >= 11 is 0. The number of ether oxygens (including phenoxy) is 1. The van der Waals surface area contributed by atoms with Crippen LogP contribution < -0.4 is 15.4 Å². The van der Waals surface area contributed by atoms with Gasteiger partial charge in [0.15, 0.2) is 6.61 Å². The molecule has 31 heavy (non-hydrogen) atoms. The van der Waals surface area contributed by atoms with Gasteiger partial charge in [0.25, 0.3) is 5.91 Å². The van der Waals surface area contributed by atoms with Crippen LogP contribution >= 0.6 is 0 Å². The summed E-state index contributed by atoms with van der Waals surface area (Å²) in [7, 11) is -3.82. The number of carbonyl (C=O) groups is 2. The average Bonchev–Trinajstić information content (AvgIpc) is 2.75. The number of carbonyl (C=O) groups excluding carboxylic acids is 2. The predicted molar refractivity (Wildman–Crippen MR) is 117 cm³/mol. The summed E-state index contributed by atoms with van der Waals surface area (Å²) in [5, 5.41) is 5.54. The third-order valence-corrected chi connectivity index (χ3v) is 7.61. The second-order valence-corrected chi connectivity index (χ2v) is 9.92. The lowest BCUT2D eigenvalue weighted by atomic mass is 9.98. The van der Waals surface area contributed by atoms with Gasteiger partial charge < -0.3 is 15.4 Å². The number of anilines is 2. The van der Waals surface area contributed by atoms with Crippen LogP contribution in [-0.4, -0.2) is 44.2 Å². The van der Waals surface area contributed by atoms with Crippen LogP contribution in [0.1, 0.15) is 24.0 Å². The molecule has 0 saturated carbocycles. The molecule has 2 aromatic carbocycles. The summed E-state index contributed by atoms with van der Waals surface area (Å²) in [5.74, 6) is -0.522. The molecule has 2 heterocycles. The summed E-state index contributed by atoms with van der Waals surface area (Å²) in [6.45, 7) is 4.34. The van der Waals surface area contributed by atoms with Crippen molar-refractivity contribution in [3.8, 4) is 5.75 Å². The molecule has 8 nitrogen and oxygen atoms in total. The van der Waals surface area contributed by atoms with Gasteiger partial charge in [0.1, 0.15) is 5.75 Å². The van der Waals surface area contributed by atoms with Crippen molar-refractivity contribution in [3.63, 3.8) is 0 Å². The number of amides is 2. The molecule has 0 aromatic heterocycles. The van der Waals surface area contributed by atoms with Crippen LogP contribution in [0.25, 0.3) is 0 Å². The van der Waals surface area contributed by atoms with Crippen LogP contribution in [0, 0.1) is 19.8 Å². The van der Waals surface area contributed by atoms with Crippen molar-refractivity contribution in [2.24, 2.45) is 5.92 Å². The van der Waals surface area contributed by atoms with Crippen LogP contribution in [0.15, 0.2) is 41.3 Å². The molecule has 0 spiro atoms. The van der Waals surface area contributed by atoms with Gasteiger partial charge in [-0.25, -0.2) is 8.42 Å². The minimum absolute atomic E-state index is 0.0623. The molecule has 0 unspecified atom stereocenters. The van der Waals surface area contributed by atoms with Crippen LogP contribution in [0.5, 0.6) is 5.75 Å². The maximum absolute atomic E-state index is 13.2. The maximum Gasteiger partial charge on any atom is 0.262 e. The van der Waals surface area contributed by atoms with Gasteiger partial charge in [0.2, 0.25) is 15.9 Å². The van der Waals surface area contributed by atoms with E-state index >= 15 is 0 Å². The van der Waals surface area contributed by atoms with Gasteiger partial charge in [-0.3, -0.25) is 9.59 Å². The number of piperidine rings is 1. The second-order valence-electron chi connectivity index (χ2n) is 7.99. The van der Waals surface area contributed by atoms with Crippen molar-refractivity contribution >= 4 is 33.2 Å². The monoisotopic (exact) mass is 443 g/mol. The van der Waals surface area contributed by atoms with Gasteiger partial charge >= 0.3 is 0 Å². The average molecular weight is 444 g/mol. The lowest BCUT2D eigenvalue weighted by Gasteiger charge is -2.31. The van der Waals surface area contributed by atoms with E-state index in [1.807, 2.05) is 32.0 Å². The van der Waals surface area contributed by atoms with E-state index in [0.29, 0.717) is 36.5 Å². The third kappa shape index (κ3) is 4.42. The van der Waals surface area contributed by atoms with E-state index in [1.54, 1.807) is 0 Å². The van der Waals surface area contributed by atoms with Gasteiger partial charge in [-0.1, -0.05) is 6.07 Å².